The summed E-state index contributed by atoms with van der Waals surface area (Å²) in [6, 6.07) is 7.09. The molecule has 0 saturated carbocycles. The summed E-state index contributed by atoms with van der Waals surface area (Å²) >= 11 is 0. The highest BCUT2D eigenvalue weighted by atomic mass is 16.5. The highest BCUT2D eigenvalue weighted by molar-refractivity contribution is 5.90. The number of fused-ring (bicyclic) bond motifs is 3. The predicted octanol–water partition coefficient (Wildman–Crippen LogP) is 2.16. The Labute approximate surface area is 238 Å². The van der Waals surface area contributed by atoms with Crippen LogP contribution in [0.5, 0.6) is 5.75 Å². The summed E-state index contributed by atoms with van der Waals surface area (Å²) in [4.78, 5) is 7.83. The lowest BCUT2D eigenvalue weighted by Gasteiger charge is -2.36. The van der Waals surface area contributed by atoms with E-state index < -0.39 is 87.5 Å². The fourth-order valence-electron chi connectivity index (χ4n) is 3.31. The van der Waals surface area contributed by atoms with Gasteiger partial charge in [0.2, 0.25) is 11.8 Å². The number of hydrogen-bond acceptors (Lipinski definition) is 10. The Kier molecular flexibility index (Phi) is 2.91. The van der Waals surface area contributed by atoms with E-state index in [0.717, 1.165) is 28.8 Å². The van der Waals surface area contributed by atoms with E-state index in [0.29, 0.717) is 0 Å². The van der Waals surface area contributed by atoms with Crippen LogP contribution in [-0.4, -0.2) is 87.0 Å². The molecule has 0 bridgehead atoms. The smallest absolute Gasteiger partial charge is 0.225 e. The molecule has 5 heterocycles. The van der Waals surface area contributed by atoms with Gasteiger partial charge in [-0.1, -0.05) is 0 Å². The summed E-state index contributed by atoms with van der Waals surface area (Å²) in [5.74, 6) is -0.449. The summed E-state index contributed by atoms with van der Waals surface area (Å²) in [5.41, 5.74) is 4.76. The number of benzene rings is 1. The predicted molar refractivity (Wildman–Crippen MR) is 139 cm³/mol. The molecule has 0 atom stereocenters. The van der Waals surface area contributed by atoms with Crippen LogP contribution in [-0.2, 0) is 11.2 Å². The molecule has 0 aliphatic carbocycles. The molecular formula is C25H29N9O3. The average molecular weight is 522 g/mol. The van der Waals surface area contributed by atoms with Gasteiger partial charge in [-0.2, -0.15) is 14.6 Å². The summed E-state index contributed by atoms with van der Waals surface area (Å²) in [6.45, 7) is -26.8. The number of anilines is 2. The fraction of sp³-hybridized carbons (Fsp3) is 0.360. The van der Waals surface area contributed by atoms with Crippen molar-refractivity contribution in [1.29, 1.82) is 0 Å². The van der Waals surface area contributed by atoms with Crippen molar-refractivity contribution < 1.29 is 38.6 Å². The first-order valence-electron chi connectivity index (χ1n) is 19.5. The average Bonchev–Trinajstić information content (AvgIpc) is 3.78. The third kappa shape index (κ3) is 4.68. The van der Waals surface area contributed by atoms with E-state index >= 15 is 0 Å². The zero-order valence-corrected chi connectivity index (χ0v) is 18.6. The second kappa shape index (κ2) is 10.1. The minimum atomic E-state index is -4.05. The zero-order valence-electron chi connectivity index (χ0n) is 36.6. The van der Waals surface area contributed by atoms with Gasteiger partial charge in [0.05, 0.1) is 47.3 Å². The molecule has 1 aliphatic heterocycles. The highest BCUT2D eigenvalue weighted by Crippen LogP contribution is 2.24. The molecule has 2 N–H and O–H groups in total. The Morgan fingerprint density at radius 2 is 2.00 bits per heavy atom. The molecule has 1 aliphatic rings. The van der Waals surface area contributed by atoms with Gasteiger partial charge in [0, 0.05) is 53.4 Å². The number of furan rings is 1. The Hall–Kier alpha value is -4.16. The normalized spacial score (nSPS) is 28.8. The molecule has 0 spiro atoms. The minimum absolute atomic E-state index is 0.0225. The van der Waals surface area contributed by atoms with E-state index in [-0.39, 0.29) is 37.9 Å². The first-order chi connectivity index (χ1) is 25.0. The van der Waals surface area contributed by atoms with Crippen molar-refractivity contribution in [3.8, 4) is 17.3 Å². The lowest BCUT2D eigenvalue weighted by molar-refractivity contribution is 0.146. The standard InChI is InChI=1S/C25H29N9O3/c1-35-15-16-36-19-6-4-18(5-7-19)32-11-8-31(9-12-32)10-13-33-23-20(17-27-33)24-28-22(21-3-2-14-37-21)30-34(24)25(26)29-23/h2-7,14,17H,8-13,15-16H2,1H3,(H2,26,29)/i1D3,8D2,9D2,10D2,11D2,12D2,13D2,15D2,17D. The molecular weight excluding hydrogens is 474 g/mol. The maximum absolute atomic E-state index is 8.94. The van der Waals surface area contributed by atoms with Crippen LogP contribution in [0, 0.1) is 0 Å². The summed E-state index contributed by atoms with van der Waals surface area (Å²) in [7, 11) is -3.10. The van der Waals surface area contributed by atoms with Crippen LogP contribution in [0.3, 0.4) is 0 Å². The van der Waals surface area contributed by atoms with Gasteiger partial charge in [0.25, 0.3) is 0 Å². The molecule has 4 aromatic heterocycles. The summed E-state index contributed by atoms with van der Waals surface area (Å²) in [5, 5.41) is 7.64. The van der Waals surface area contributed by atoms with E-state index in [1.165, 1.54) is 12.3 Å². The van der Waals surface area contributed by atoms with Gasteiger partial charge < -0.3 is 24.5 Å². The molecule has 0 amide bonds. The van der Waals surface area contributed by atoms with Crippen molar-refractivity contribution in [2.75, 3.05) is 63.3 Å². The molecule has 37 heavy (non-hydrogen) atoms. The van der Waals surface area contributed by atoms with Crippen LogP contribution >= 0.6 is 0 Å². The molecule has 12 nitrogen and oxygen atoms in total. The van der Waals surface area contributed by atoms with Crippen molar-refractivity contribution in [3.05, 3.63) is 48.8 Å². The maximum atomic E-state index is 8.94. The Morgan fingerprint density at radius 3 is 2.78 bits per heavy atom. The molecule has 1 fully saturated rings. The van der Waals surface area contributed by atoms with Crippen molar-refractivity contribution in [2.45, 2.75) is 6.50 Å². The Bertz CT molecular complexity index is 2210. The Morgan fingerprint density at radius 1 is 1.14 bits per heavy atom. The number of nitrogens with zero attached hydrogens (tertiary/aromatic N) is 8. The van der Waals surface area contributed by atoms with Crippen LogP contribution in [0.2, 0.25) is 0 Å². The van der Waals surface area contributed by atoms with E-state index in [2.05, 4.69) is 24.9 Å². The fourth-order valence-corrected chi connectivity index (χ4v) is 3.31. The third-order valence-corrected chi connectivity index (χ3v) is 4.98. The molecule has 1 aromatic carbocycles. The van der Waals surface area contributed by atoms with Crippen LogP contribution in [0.4, 0.5) is 11.6 Å². The second-order valence-corrected chi connectivity index (χ2v) is 7.21. The van der Waals surface area contributed by atoms with Gasteiger partial charge in [-0.15, -0.1) is 5.10 Å². The molecule has 6 rings (SSSR count). The van der Waals surface area contributed by atoms with Crippen LogP contribution < -0.4 is 15.4 Å². The quantitative estimate of drug-likeness (QED) is 0.308. The lowest BCUT2D eigenvalue weighted by atomic mass is 10.2. The number of piperazine rings is 1. The summed E-state index contributed by atoms with van der Waals surface area (Å²) in [6.07, 6.45) is 0.602. The SMILES string of the molecule is [2H]c1nn(C([2H])([2H])C([2H])([2H])N2C([2H])([2H])C([2H])([2H])N(c3ccc(OCC([2H])([2H])OC([2H])([2H])[2H])cc3)C([2H])([2H])C2([2H])[2H])c2nc(N)n3nc(-c4ccco4)nc3c12. The number of aromatic nitrogens is 6. The van der Waals surface area contributed by atoms with Crippen molar-refractivity contribution in [2.24, 2.45) is 0 Å². The van der Waals surface area contributed by atoms with Crippen molar-refractivity contribution in [3.63, 3.8) is 0 Å². The van der Waals surface area contributed by atoms with Gasteiger partial charge in [0.15, 0.2) is 17.1 Å². The van der Waals surface area contributed by atoms with Gasteiger partial charge in [-0.25, -0.2) is 9.67 Å². The molecule has 12 heteroatoms. The number of nitrogen functional groups attached to an aromatic ring is 1. The van der Waals surface area contributed by atoms with Crippen LogP contribution in [0.15, 0.2) is 53.3 Å². The van der Waals surface area contributed by atoms with Crippen molar-refractivity contribution in [1.82, 2.24) is 34.3 Å². The van der Waals surface area contributed by atoms with Gasteiger partial charge in [0.1, 0.15) is 12.4 Å². The Balaban J connectivity index is 1.39. The zero-order chi connectivity index (χ0) is 41.1. The number of aryl methyl sites for hydroxylation is 1. The summed E-state index contributed by atoms with van der Waals surface area (Å²) < 4.78 is 167. The molecule has 1 saturated heterocycles. The van der Waals surface area contributed by atoms with Gasteiger partial charge in [-0.05, 0) is 36.4 Å². The number of ether oxygens (including phenoxy) is 2. The van der Waals surface area contributed by atoms with Crippen LogP contribution in [0.1, 0.15) is 24.7 Å². The van der Waals surface area contributed by atoms with E-state index in [1.807, 2.05) is 0 Å². The van der Waals surface area contributed by atoms with Gasteiger partial charge in [-0.3, -0.25) is 4.90 Å². The number of rotatable bonds is 9. The first kappa shape index (κ1) is 10.7. The van der Waals surface area contributed by atoms with E-state index in [1.54, 1.807) is 6.07 Å². The molecule has 192 valence electrons. The molecule has 5 aromatic rings. The number of methoxy groups -OCH3 is 1. The largest absolute Gasteiger partial charge is 0.491 e. The van der Waals surface area contributed by atoms with Crippen LogP contribution in [0.25, 0.3) is 28.3 Å². The highest BCUT2D eigenvalue weighted by Gasteiger charge is 2.20. The monoisotopic (exact) mass is 521 g/mol. The van der Waals surface area contributed by atoms with Crippen molar-refractivity contribution >= 4 is 28.3 Å². The maximum Gasteiger partial charge on any atom is 0.225 e. The molecule has 0 unspecified atom stereocenters. The topological polar surface area (TPSA) is 125 Å². The van der Waals surface area contributed by atoms with Gasteiger partial charge >= 0.3 is 0 Å². The number of hydrogen-bond donors (Lipinski definition) is 1. The second-order valence-electron chi connectivity index (χ2n) is 7.21. The first-order valence-corrected chi connectivity index (χ1v) is 10.5. The third-order valence-electron chi connectivity index (χ3n) is 4.98. The van der Waals surface area contributed by atoms with E-state index in [4.69, 9.17) is 39.6 Å². The molecule has 0 radical (unpaired) electrons. The van der Waals surface area contributed by atoms with E-state index in [9.17, 15) is 0 Å². The number of nitrogens with two attached hydrogens (primary N) is 1. The lowest BCUT2D eigenvalue weighted by Crippen LogP contribution is -2.47. The minimum Gasteiger partial charge on any atom is -0.491 e.